The highest BCUT2D eigenvalue weighted by Crippen LogP contribution is 2.34. The van der Waals surface area contributed by atoms with Crippen LogP contribution in [0.4, 0.5) is 4.79 Å². The zero-order valence-electron chi connectivity index (χ0n) is 9.99. The molecule has 1 saturated carbocycles. The number of carboxylic acid groups (broad SMARTS) is 1. The second-order valence-corrected chi connectivity index (χ2v) is 5.01. The van der Waals surface area contributed by atoms with E-state index >= 15 is 0 Å². The molecule has 0 bridgehead atoms. The number of aliphatic carboxylic acids is 1. The lowest BCUT2D eigenvalue weighted by atomic mass is 9.74. The maximum Gasteiger partial charge on any atom is 0.315 e. The summed E-state index contributed by atoms with van der Waals surface area (Å²) >= 11 is 0. The predicted molar refractivity (Wildman–Crippen MR) is 61.9 cm³/mol. The van der Waals surface area contributed by atoms with Crippen LogP contribution in [0.5, 0.6) is 0 Å². The molecule has 1 atom stereocenters. The van der Waals surface area contributed by atoms with Gasteiger partial charge in [0, 0.05) is 13.0 Å². The van der Waals surface area contributed by atoms with E-state index in [0.717, 1.165) is 6.42 Å². The normalized spacial score (nSPS) is 24.9. The van der Waals surface area contributed by atoms with Gasteiger partial charge in [0.15, 0.2) is 0 Å². The van der Waals surface area contributed by atoms with Gasteiger partial charge in [-0.1, -0.05) is 0 Å². The van der Waals surface area contributed by atoms with Crippen LogP contribution >= 0.6 is 0 Å². The van der Waals surface area contributed by atoms with Gasteiger partial charge in [-0.25, -0.2) is 4.79 Å². The topological polar surface area (TPSA) is 108 Å². The first-order chi connectivity index (χ1) is 8.49. The number of hydrogen-bond acceptors (Lipinski definition) is 3. The molecule has 1 heterocycles. The fourth-order valence-electron chi connectivity index (χ4n) is 2.41. The van der Waals surface area contributed by atoms with E-state index in [1.54, 1.807) is 0 Å². The fraction of sp³-hybridized carbons (Fsp3) is 0.727. The zero-order chi connectivity index (χ0) is 13.2. The molecule has 1 saturated heterocycles. The Labute approximate surface area is 104 Å². The summed E-state index contributed by atoms with van der Waals surface area (Å²) in [7, 11) is 0. The smallest absolute Gasteiger partial charge is 0.315 e. The number of carbonyl (C=O) groups excluding carboxylic acids is 2. The van der Waals surface area contributed by atoms with Crippen molar-refractivity contribution in [3.8, 4) is 0 Å². The van der Waals surface area contributed by atoms with Crippen LogP contribution in [0.25, 0.3) is 0 Å². The maximum absolute atomic E-state index is 11.7. The van der Waals surface area contributed by atoms with Gasteiger partial charge in [-0.05, 0) is 19.3 Å². The lowest BCUT2D eigenvalue weighted by Crippen LogP contribution is -2.58. The molecular weight excluding hydrogens is 238 g/mol. The zero-order valence-corrected chi connectivity index (χ0v) is 9.99. The van der Waals surface area contributed by atoms with Crippen molar-refractivity contribution in [3.05, 3.63) is 0 Å². The second-order valence-electron chi connectivity index (χ2n) is 5.01. The molecule has 7 heteroatoms. The van der Waals surface area contributed by atoms with Crippen molar-refractivity contribution in [1.82, 2.24) is 16.0 Å². The van der Waals surface area contributed by atoms with Crippen LogP contribution in [0.15, 0.2) is 0 Å². The summed E-state index contributed by atoms with van der Waals surface area (Å²) in [6, 6.07) is -0.600. The summed E-state index contributed by atoms with van der Waals surface area (Å²) in [5.41, 5.74) is -0.605. The lowest BCUT2D eigenvalue weighted by molar-refractivity contribution is -0.139. The quantitative estimate of drug-likeness (QED) is 0.546. The highest BCUT2D eigenvalue weighted by atomic mass is 16.4. The Balaban J connectivity index is 1.82. The molecule has 1 aliphatic heterocycles. The Morgan fingerprint density at radius 2 is 2.17 bits per heavy atom. The third-order valence-electron chi connectivity index (χ3n) is 3.49. The van der Waals surface area contributed by atoms with Gasteiger partial charge in [0.05, 0.1) is 18.0 Å². The Morgan fingerprint density at radius 1 is 1.44 bits per heavy atom. The second kappa shape index (κ2) is 4.83. The van der Waals surface area contributed by atoms with Crippen LogP contribution in [-0.2, 0) is 9.59 Å². The van der Waals surface area contributed by atoms with Gasteiger partial charge in [-0.2, -0.15) is 0 Å². The maximum atomic E-state index is 11.7. The molecule has 2 rings (SSSR count). The number of nitrogens with one attached hydrogen (secondary N) is 3. The van der Waals surface area contributed by atoms with Crippen molar-refractivity contribution in [2.24, 2.45) is 0 Å². The third-order valence-corrected chi connectivity index (χ3v) is 3.49. The molecule has 0 aromatic carbocycles. The molecular formula is C11H17N3O4. The first-order valence-corrected chi connectivity index (χ1v) is 6.06. The number of urea groups is 1. The summed E-state index contributed by atoms with van der Waals surface area (Å²) < 4.78 is 0. The van der Waals surface area contributed by atoms with Crippen LogP contribution < -0.4 is 16.0 Å². The molecule has 0 aromatic heterocycles. The molecule has 1 unspecified atom stereocenters. The SMILES string of the molecule is O=C(O)CC1(NC(=O)NC2CNC(=O)C2)CCC1. The van der Waals surface area contributed by atoms with E-state index in [1.165, 1.54) is 0 Å². The fourth-order valence-corrected chi connectivity index (χ4v) is 2.41. The minimum Gasteiger partial charge on any atom is -0.481 e. The number of rotatable bonds is 4. The monoisotopic (exact) mass is 255 g/mol. The summed E-state index contributed by atoms with van der Waals surface area (Å²) in [5, 5.41) is 16.9. The summed E-state index contributed by atoms with van der Waals surface area (Å²) in [4.78, 5) is 33.5. The number of amides is 3. The standard InChI is InChI=1S/C11H17N3O4/c15-8-4-7(6-12-8)13-10(18)14-11(2-1-3-11)5-9(16)17/h7H,1-6H2,(H,12,15)(H,16,17)(H2,13,14,18). The lowest BCUT2D eigenvalue weighted by Gasteiger charge is -2.41. The van der Waals surface area contributed by atoms with Crippen LogP contribution in [0.3, 0.4) is 0 Å². The Hall–Kier alpha value is -1.79. The molecule has 4 N–H and O–H groups in total. The molecule has 2 fully saturated rings. The van der Waals surface area contributed by atoms with E-state index in [-0.39, 0.29) is 24.8 Å². The van der Waals surface area contributed by atoms with Crippen LogP contribution in [0.1, 0.15) is 32.1 Å². The molecule has 7 nitrogen and oxygen atoms in total. The van der Waals surface area contributed by atoms with E-state index in [2.05, 4.69) is 16.0 Å². The minimum absolute atomic E-state index is 0.0533. The number of hydrogen-bond donors (Lipinski definition) is 4. The largest absolute Gasteiger partial charge is 0.481 e. The van der Waals surface area contributed by atoms with Crippen LogP contribution in [0.2, 0.25) is 0 Å². The van der Waals surface area contributed by atoms with Crippen molar-refractivity contribution in [3.63, 3.8) is 0 Å². The average Bonchev–Trinajstić information content (AvgIpc) is 2.59. The van der Waals surface area contributed by atoms with E-state index in [0.29, 0.717) is 19.4 Å². The Morgan fingerprint density at radius 3 is 2.61 bits per heavy atom. The molecule has 0 spiro atoms. The highest BCUT2D eigenvalue weighted by Gasteiger charge is 2.40. The molecule has 3 amide bonds. The van der Waals surface area contributed by atoms with Gasteiger partial charge in [0.25, 0.3) is 0 Å². The van der Waals surface area contributed by atoms with Crippen LogP contribution in [0, 0.1) is 0 Å². The summed E-state index contributed by atoms with van der Waals surface area (Å²) in [6.07, 6.45) is 2.53. The van der Waals surface area contributed by atoms with E-state index in [1.807, 2.05) is 0 Å². The molecule has 1 aliphatic carbocycles. The van der Waals surface area contributed by atoms with Gasteiger partial charge in [0.2, 0.25) is 5.91 Å². The van der Waals surface area contributed by atoms with Crippen molar-refractivity contribution in [2.45, 2.75) is 43.7 Å². The number of carbonyl (C=O) groups is 3. The van der Waals surface area contributed by atoms with Gasteiger partial charge < -0.3 is 21.1 Å². The third kappa shape index (κ3) is 2.91. The Bertz CT molecular complexity index is 378. The van der Waals surface area contributed by atoms with Crippen LogP contribution in [-0.4, -0.2) is 41.1 Å². The average molecular weight is 255 g/mol. The van der Waals surface area contributed by atoms with Gasteiger partial charge in [-0.3, -0.25) is 9.59 Å². The van der Waals surface area contributed by atoms with Crippen molar-refractivity contribution in [2.75, 3.05) is 6.54 Å². The van der Waals surface area contributed by atoms with Gasteiger partial charge in [0.1, 0.15) is 0 Å². The molecule has 100 valence electrons. The first kappa shape index (κ1) is 12.7. The molecule has 2 aliphatic rings. The minimum atomic E-state index is -0.910. The predicted octanol–water partition coefficient (Wildman–Crippen LogP) is -0.429. The highest BCUT2D eigenvalue weighted by molar-refractivity contribution is 5.82. The molecule has 0 radical (unpaired) electrons. The summed E-state index contributed by atoms with van der Waals surface area (Å²) in [5.74, 6) is -0.989. The van der Waals surface area contributed by atoms with E-state index in [9.17, 15) is 14.4 Å². The van der Waals surface area contributed by atoms with Gasteiger partial charge >= 0.3 is 12.0 Å². The van der Waals surface area contributed by atoms with Crippen molar-refractivity contribution in [1.29, 1.82) is 0 Å². The molecule has 0 aromatic rings. The van der Waals surface area contributed by atoms with E-state index < -0.39 is 17.5 Å². The summed E-state index contributed by atoms with van der Waals surface area (Å²) in [6.45, 7) is 0.429. The van der Waals surface area contributed by atoms with Gasteiger partial charge in [-0.15, -0.1) is 0 Å². The number of carboxylic acids is 1. The first-order valence-electron chi connectivity index (χ1n) is 6.06. The Kier molecular flexibility index (Phi) is 3.40. The van der Waals surface area contributed by atoms with Crippen molar-refractivity contribution < 1.29 is 19.5 Å². The van der Waals surface area contributed by atoms with Crippen molar-refractivity contribution >= 4 is 17.9 Å². The molecule has 18 heavy (non-hydrogen) atoms. The van der Waals surface area contributed by atoms with E-state index in [4.69, 9.17) is 5.11 Å².